The molecule has 2 fully saturated rings. The molecule has 2 saturated heterocycles. The number of nitrogens with zero attached hydrogens (tertiary/aromatic N) is 3. The van der Waals surface area contributed by atoms with Crippen LogP contribution in [-0.4, -0.2) is 68.2 Å². The number of nitrogens with one attached hydrogen (secondary N) is 1. The van der Waals surface area contributed by atoms with Crippen LogP contribution in [0, 0.1) is 11.7 Å². The largest absolute Gasteiger partial charge is 0.367 e. The average Bonchev–Trinajstić information content (AvgIpc) is 2.71. The van der Waals surface area contributed by atoms with Crippen LogP contribution in [0.2, 0.25) is 0 Å². The van der Waals surface area contributed by atoms with E-state index in [1.165, 1.54) is 51.0 Å². The molecule has 0 aromatic heterocycles. The van der Waals surface area contributed by atoms with Crippen LogP contribution in [0.3, 0.4) is 0 Å². The van der Waals surface area contributed by atoms with E-state index in [0.29, 0.717) is 0 Å². The molecular formula is C22H36FIN4O. The fourth-order valence-corrected chi connectivity index (χ4v) is 4.30. The van der Waals surface area contributed by atoms with Gasteiger partial charge >= 0.3 is 0 Å². The van der Waals surface area contributed by atoms with Gasteiger partial charge in [-0.05, 0) is 69.4 Å². The van der Waals surface area contributed by atoms with Crippen molar-refractivity contribution in [3.8, 4) is 0 Å². The lowest BCUT2D eigenvalue weighted by molar-refractivity contribution is -0.0605. The predicted molar refractivity (Wildman–Crippen MR) is 127 cm³/mol. The number of hydrogen-bond donors (Lipinski definition) is 1. The van der Waals surface area contributed by atoms with Crippen molar-refractivity contribution in [3.05, 3.63) is 35.6 Å². The number of morpholine rings is 1. The lowest BCUT2D eigenvalue weighted by atomic mass is 9.93. The number of aliphatic imine (C=N–C) groups is 1. The molecule has 1 aromatic rings. The van der Waals surface area contributed by atoms with E-state index in [-0.39, 0.29) is 42.0 Å². The Labute approximate surface area is 192 Å². The third-order valence-electron chi connectivity index (χ3n) is 6.00. The molecule has 2 aliphatic rings. The number of ether oxygens (including phenoxy) is 1. The number of guanidine groups is 1. The average molecular weight is 518 g/mol. The minimum atomic E-state index is -0.216. The van der Waals surface area contributed by atoms with Gasteiger partial charge in [-0.2, -0.15) is 0 Å². The lowest BCUT2D eigenvalue weighted by Crippen LogP contribution is -2.51. The van der Waals surface area contributed by atoms with E-state index in [1.54, 1.807) is 0 Å². The van der Waals surface area contributed by atoms with Gasteiger partial charge in [-0.15, -0.1) is 24.0 Å². The van der Waals surface area contributed by atoms with Crippen molar-refractivity contribution in [2.45, 2.75) is 45.3 Å². The monoisotopic (exact) mass is 518 g/mol. The highest BCUT2D eigenvalue weighted by atomic mass is 127. The molecule has 29 heavy (non-hydrogen) atoms. The van der Waals surface area contributed by atoms with Crippen molar-refractivity contribution in [1.29, 1.82) is 0 Å². The van der Waals surface area contributed by atoms with Gasteiger partial charge in [0.1, 0.15) is 11.9 Å². The van der Waals surface area contributed by atoms with E-state index in [0.717, 1.165) is 37.1 Å². The molecule has 1 N–H and O–H groups in total. The van der Waals surface area contributed by atoms with Crippen LogP contribution >= 0.6 is 24.0 Å². The number of benzene rings is 1. The fraction of sp³-hybridized carbons (Fsp3) is 0.682. The summed E-state index contributed by atoms with van der Waals surface area (Å²) in [4.78, 5) is 9.31. The normalized spacial score (nSPS) is 24.3. The van der Waals surface area contributed by atoms with Gasteiger partial charge in [0.25, 0.3) is 0 Å². The minimum Gasteiger partial charge on any atom is -0.367 e. The van der Waals surface area contributed by atoms with E-state index in [9.17, 15) is 4.39 Å². The third-order valence-corrected chi connectivity index (χ3v) is 6.00. The van der Waals surface area contributed by atoms with Crippen molar-refractivity contribution in [1.82, 2.24) is 15.1 Å². The Bertz CT molecular complexity index is 634. The van der Waals surface area contributed by atoms with Crippen molar-refractivity contribution in [2.75, 3.05) is 46.3 Å². The number of halogens is 2. The first-order valence-corrected chi connectivity index (χ1v) is 10.7. The molecule has 2 aliphatic heterocycles. The Kier molecular flexibility index (Phi) is 10.1. The summed E-state index contributed by atoms with van der Waals surface area (Å²) < 4.78 is 19.3. The summed E-state index contributed by atoms with van der Waals surface area (Å²) >= 11 is 0. The summed E-state index contributed by atoms with van der Waals surface area (Å²) in [6.45, 7) is 10.5. The number of piperidine rings is 1. The summed E-state index contributed by atoms with van der Waals surface area (Å²) in [7, 11) is 1.84. The summed E-state index contributed by atoms with van der Waals surface area (Å²) in [5, 5.41) is 3.56. The number of rotatable bonds is 5. The SMILES string of the molecule is CCN1CCC(CCNC(=NC)N2CC(C)OC(c3ccc(F)cc3)C2)CC1.I. The van der Waals surface area contributed by atoms with Crippen molar-refractivity contribution in [3.63, 3.8) is 0 Å². The van der Waals surface area contributed by atoms with Crippen LogP contribution in [-0.2, 0) is 4.74 Å². The summed E-state index contributed by atoms with van der Waals surface area (Å²) in [6, 6.07) is 6.63. The Morgan fingerprint density at radius 1 is 1.21 bits per heavy atom. The van der Waals surface area contributed by atoms with Gasteiger partial charge in [-0.1, -0.05) is 19.1 Å². The van der Waals surface area contributed by atoms with Crippen molar-refractivity contribution < 1.29 is 9.13 Å². The molecule has 5 nitrogen and oxygen atoms in total. The highest BCUT2D eigenvalue weighted by molar-refractivity contribution is 14.0. The predicted octanol–water partition coefficient (Wildman–Crippen LogP) is 3.90. The van der Waals surface area contributed by atoms with Crippen LogP contribution in [0.4, 0.5) is 4.39 Å². The summed E-state index contributed by atoms with van der Waals surface area (Å²) in [5.41, 5.74) is 1.01. The molecule has 1 aromatic carbocycles. The van der Waals surface area contributed by atoms with E-state index in [4.69, 9.17) is 4.74 Å². The maximum atomic E-state index is 13.2. The Hall–Kier alpha value is -0.930. The standard InChI is InChI=1S/C22H35FN4O.HI/c1-4-26-13-10-18(11-14-26)9-12-25-22(24-3)27-15-17(2)28-21(16-27)19-5-7-20(23)8-6-19;/h5-8,17-18,21H,4,9-16H2,1-3H3,(H,24,25);1H. The zero-order valence-corrected chi connectivity index (χ0v) is 20.3. The second-order valence-corrected chi connectivity index (χ2v) is 8.03. The molecular weight excluding hydrogens is 482 g/mol. The van der Waals surface area contributed by atoms with Gasteiger partial charge in [-0.3, -0.25) is 4.99 Å². The maximum Gasteiger partial charge on any atom is 0.193 e. The van der Waals surface area contributed by atoms with Gasteiger partial charge in [0.15, 0.2) is 5.96 Å². The molecule has 2 unspecified atom stereocenters. The molecule has 7 heteroatoms. The van der Waals surface area contributed by atoms with Crippen LogP contribution in [0.25, 0.3) is 0 Å². The molecule has 0 spiro atoms. The first-order valence-electron chi connectivity index (χ1n) is 10.7. The van der Waals surface area contributed by atoms with Crippen molar-refractivity contribution in [2.24, 2.45) is 10.9 Å². The first-order chi connectivity index (χ1) is 13.6. The van der Waals surface area contributed by atoms with Gasteiger partial charge in [-0.25, -0.2) is 4.39 Å². The molecule has 0 bridgehead atoms. The Balaban J connectivity index is 0.00000300. The zero-order valence-electron chi connectivity index (χ0n) is 17.9. The second kappa shape index (κ2) is 12.1. The summed E-state index contributed by atoms with van der Waals surface area (Å²) in [6.07, 6.45) is 3.82. The van der Waals surface area contributed by atoms with E-state index < -0.39 is 0 Å². The van der Waals surface area contributed by atoms with Gasteiger partial charge < -0.3 is 19.9 Å². The lowest BCUT2D eigenvalue weighted by Gasteiger charge is -2.39. The fourth-order valence-electron chi connectivity index (χ4n) is 4.30. The van der Waals surface area contributed by atoms with Gasteiger partial charge in [0, 0.05) is 20.1 Å². The van der Waals surface area contributed by atoms with E-state index in [2.05, 4.69) is 34.0 Å². The third kappa shape index (κ3) is 7.07. The van der Waals surface area contributed by atoms with Crippen LogP contribution in [0.1, 0.15) is 44.8 Å². The van der Waals surface area contributed by atoms with Crippen molar-refractivity contribution >= 4 is 29.9 Å². The maximum absolute atomic E-state index is 13.2. The molecule has 0 radical (unpaired) electrons. The number of likely N-dealkylation sites (tertiary alicyclic amines) is 1. The van der Waals surface area contributed by atoms with Crippen LogP contribution < -0.4 is 5.32 Å². The Morgan fingerprint density at radius 2 is 1.90 bits per heavy atom. The molecule has 0 aliphatic carbocycles. The minimum absolute atomic E-state index is 0. The van der Waals surface area contributed by atoms with Gasteiger partial charge in [0.05, 0.1) is 12.6 Å². The molecule has 0 amide bonds. The molecule has 0 saturated carbocycles. The molecule has 3 rings (SSSR count). The van der Waals surface area contributed by atoms with Gasteiger partial charge in [0.2, 0.25) is 0 Å². The van der Waals surface area contributed by atoms with Crippen LogP contribution in [0.5, 0.6) is 0 Å². The smallest absolute Gasteiger partial charge is 0.193 e. The van der Waals surface area contributed by atoms with E-state index in [1.807, 2.05) is 19.2 Å². The number of hydrogen-bond acceptors (Lipinski definition) is 3. The highest BCUT2D eigenvalue weighted by Gasteiger charge is 2.28. The second-order valence-electron chi connectivity index (χ2n) is 8.03. The molecule has 2 atom stereocenters. The molecule has 2 heterocycles. The Morgan fingerprint density at radius 3 is 2.52 bits per heavy atom. The first kappa shape index (κ1) is 24.3. The van der Waals surface area contributed by atoms with E-state index >= 15 is 0 Å². The highest BCUT2D eigenvalue weighted by Crippen LogP contribution is 2.25. The topological polar surface area (TPSA) is 40.1 Å². The summed E-state index contributed by atoms with van der Waals surface area (Å²) in [5.74, 6) is 1.53. The molecule has 164 valence electrons. The zero-order chi connectivity index (χ0) is 19.9. The quantitative estimate of drug-likeness (QED) is 0.365. The van der Waals surface area contributed by atoms with Crippen LogP contribution in [0.15, 0.2) is 29.3 Å².